The second-order valence-corrected chi connectivity index (χ2v) is 13.0. The monoisotopic (exact) mass is 651 g/mol. The van der Waals surface area contributed by atoms with Crippen LogP contribution in [0.15, 0.2) is 152 Å². The largest absolute Gasteiger partial charge is 0.453 e. The second-order valence-electron chi connectivity index (χ2n) is 11.9. The predicted octanol–water partition coefficient (Wildman–Crippen LogP) is 10.3. The Balaban J connectivity index is 1.11. The van der Waals surface area contributed by atoms with Gasteiger partial charge in [0.25, 0.3) is 0 Å². The van der Waals surface area contributed by atoms with Gasteiger partial charge >= 0.3 is 0 Å². The maximum atomic E-state index is 9.02. The van der Waals surface area contributed by atoms with Crippen molar-refractivity contribution in [2.45, 2.75) is 6.23 Å². The summed E-state index contributed by atoms with van der Waals surface area (Å²) < 4.78 is 10.7. The Bertz CT molecular complexity index is 2680. The van der Waals surface area contributed by atoms with E-state index in [0.29, 0.717) is 17.1 Å². The number of nitrogens with one attached hydrogen (secondary N) is 1. The second kappa shape index (κ2) is 11.8. The van der Waals surface area contributed by atoms with Crippen molar-refractivity contribution in [1.29, 1.82) is 5.41 Å². The number of benzene rings is 6. The van der Waals surface area contributed by atoms with Crippen molar-refractivity contribution in [1.82, 2.24) is 14.5 Å². The molecule has 49 heavy (non-hydrogen) atoms. The van der Waals surface area contributed by atoms with Gasteiger partial charge in [-0.05, 0) is 54.6 Å². The van der Waals surface area contributed by atoms with Gasteiger partial charge in [0.1, 0.15) is 5.69 Å². The SMILES string of the molecule is N=C(OC(N)c1cc(-c2ccccc2)nc(-c2cccc3c2sc2ccccc23)n1)c1ccc2c(c1)c1ccccc1n2-c1ccccc1. The van der Waals surface area contributed by atoms with E-state index in [0.717, 1.165) is 49.0 Å². The molecule has 0 saturated heterocycles. The predicted molar refractivity (Wildman–Crippen MR) is 201 cm³/mol. The fourth-order valence-electron chi connectivity index (χ4n) is 6.64. The van der Waals surface area contributed by atoms with Crippen molar-refractivity contribution in [3.63, 3.8) is 0 Å². The third-order valence-corrected chi connectivity index (χ3v) is 10.2. The molecule has 3 N–H and O–H groups in total. The van der Waals surface area contributed by atoms with Crippen molar-refractivity contribution in [2.75, 3.05) is 0 Å². The molecular formula is C42H29N5OS. The molecule has 6 aromatic carbocycles. The molecule has 3 heterocycles. The molecule has 234 valence electrons. The standard InChI is InChI=1S/C42H29N5OS/c43-40(27-22-23-37-33(24-27)29-16-7-9-20-36(29)47(37)28-14-5-2-6-15-28)48-41(44)35-25-34(26-12-3-1-4-13-26)45-42(46-35)32-19-11-18-31-30-17-8-10-21-38(30)49-39(31)32/h1-25,41,43H,44H2. The van der Waals surface area contributed by atoms with Gasteiger partial charge in [0.05, 0.1) is 16.7 Å². The lowest BCUT2D eigenvalue weighted by molar-refractivity contribution is 0.194. The van der Waals surface area contributed by atoms with Crippen molar-refractivity contribution in [2.24, 2.45) is 5.73 Å². The minimum absolute atomic E-state index is 0.0287. The Hall–Kier alpha value is -6.15. The van der Waals surface area contributed by atoms with E-state index in [-0.39, 0.29) is 5.90 Å². The highest BCUT2D eigenvalue weighted by Gasteiger charge is 2.20. The summed E-state index contributed by atoms with van der Waals surface area (Å²) in [7, 11) is 0. The van der Waals surface area contributed by atoms with E-state index in [4.69, 9.17) is 25.8 Å². The smallest absolute Gasteiger partial charge is 0.215 e. The fourth-order valence-corrected chi connectivity index (χ4v) is 7.85. The van der Waals surface area contributed by atoms with Gasteiger partial charge in [0.15, 0.2) is 12.1 Å². The summed E-state index contributed by atoms with van der Waals surface area (Å²) in [6.45, 7) is 0. The molecular weight excluding hydrogens is 623 g/mol. The molecule has 0 aliphatic rings. The summed E-state index contributed by atoms with van der Waals surface area (Å²) in [6.07, 6.45) is -1.00. The summed E-state index contributed by atoms with van der Waals surface area (Å²) in [4.78, 5) is 10.0. The molecule has 1 unspecified atom stereocenters. The van der Waals surface area contributed by atoms with Crippen LogP contribution in [0.2, 0.25) is 0 Å². The zero-order valence-electron chi connectivity index (χ0n) is 26.2. The molecule has 0 amide bonds. The molecule has 0 bridgehead atoms. The first-order valence-corrected chi connectivity index (χ1v) is 16.9. The van der Waals surface area contributed by atoms with E-state index in [1.807, 2.05) is 91.0 Å². The first-order valence-electron chi connectivity index (χ1n) is 16.1. The van der Waals surface area contributed by atoms with Crippen LogP contribution in [0.1, 0.15) is 17.5 Å². The Morgan fingerprint density at radius 1 is 0.653 bits per heavy atom. The highest BCUT2D eigenvalue weighted by Crippen LogP contribution is 2.40. The molecule has 0 fully saturated rings. The molecule has 0 aliphatic heterocycles. The lowest BCUT2D eigenvalue weighted by Gasteiger charge is -2.17. The van der Waals surface area contributed by atoms with Crippen molar-refractivity contribution in [3.05, 3.63) is 163 Å². The van der Waals surface area contributed by atoms with E-state index in [9.17, 15) is 0 Å². The van der Waals surface area contributed by atoms with Crippen LogP contribution in [0.3, 0.4) is 0 Å². The van der Waals surface area contributed by atoms with Gasteiger partial charge < -0.3 is 9.30 Å². The summed E-state index contributed by atoms with van der Waals surface area (Å²) in [5.41, 5.74) is 13.7. The number of nitrogens with zero attached hydrogens (tertiary/aromatic N) is 3. The molecule has 9 aromatic rings. The molecule has 6 nitrogen and oxygen atoms in total. The number of nitrogens with two attached hydrogens (primary N) is 1. The zero-order valence-corrected chi connectivity index (χ0v) is 27.1. The summed E-state index contributed by atoms with van der Waals surface area (Å²) >= 11 is 1.73. The van der Waals surface area contributed by atoms with Gasteiger partial charge in [-0.15, -0.1) is 11.3 Å². The van der Waals surface area contributed by atoms with Crippen molar-refractivity contribution < 1.29 is 4.74 Å². The number of aromatic nitrogens is 3. The Labute approximate surface area is 286 Å². The average Bonchev–Trinajstić information content (AvgIpc) is 3.71. The van der Waals surface area contributed by atoms with Crippen LogP contribution < -0.4 is 5.73 Å². The van der Waals surface area contributed by atoms with E-state index >= 15 is 0 Å². The number of ether oxygens (including phenoxy) is 1. The number of para-hydroxylation sites is 2. The van der Waals surface area contributed by atoms with Gasteiger partial charge in [-0.25, -0.2) is 9.97 Å². The number of rotatable bonds is 6. The molecule has 0 radical (unpaired) electrons. The quantitative estimate of drug-likeness (QED) is 0.106. The number of thiophene rings is 1. The molecule has 0 spiro atoms. The van der Waals surface area contributed by atoms with Gasteiger partial charge in [0.2, 0.25) is 5.90 Å². The molecule has 3 aromatic heterocycles. The van der Waals surface area contributed by atoms with E-state index < -0.39 is 6.23 Å². The Morgan fingerprint density at radius 2 is 1.35 bits per heavy atom. The highest BCUT2D eigenvalue weighted by molar-refractivity contribution is 7.26. The van der Waals surface area contributed by atoms with Crippen LogP contribution in [-0.2, 0) is 4.74 Å². The van der Waals surface area contributed by atoms with Gasteiger partial charge in [0, 0.05) is 53.3 Å². The van der Waals surface area contributed by atoms with Gasteiger partial charge in [-0.2, -0.15) is 0 Å². The van der Waals surface area contributed by atoms with Crippen LogP contribution in [-0.4, -0.2) is 20.4 Å². The van der Waals surface area contributed by atoms with Crippen LogP contribution in [0.25, 0.3) is 70.3 Å². The summed E-state index contributed by atoms with van der Waals surface area (Å²) in [5.74, 6) is 0.535. The van der Waals surface area contributed by atoms with Gasteiger partial charge in [-0.1, -0.05) is 97.1 Å². The molecule has 9 rings (SSSR count). The summed E-state index contributed by atoms with van der Waals surface area (Å²) in [6, 6.07) is 51.1. The minimum atomic E-state index is -1.00. The number of hydrogen-bond acceptors (Lipinski definition) is 6. The van der Waals surface area contributed by atoms with E-state index in [2.05, 4.69) is 65.2 Å². The lowest BCUT2D eigenvalue weighted by Crippen LogP contribution is -2.21. The zero-order chi connectivity index (χ0) is 32.9. The number of fused-ring (bicyclic) bond motifs is 6. The average molecular weight is 652 g/mol. The maximum absolute atomic E-state index is 9.02. The topological polar surface area (TPSA) is 89.8 Å². The van der Waals surface area contributed by atoms with E-state index in [1.54, 1.807) is 11.3 Å². The van der Waals surface area contributed by atoms with Crippen LogP contribution in [0.4, 0.5) is 0 Å². The Morgan fingerprint density at radius 3 is 2.18 bits per heavy atom. The normalized spacial score (nSPS) is 12.2. The first-order chi connectivity index (χ1) is 24.1. The van der Waals surface area contributed by atoms with Crippen molar-refractivity contribution >= 4 is 59.2 Å². The van der Waals surface area contributed by atoms with Crippen LogP contribution in [0, 0.1) is 5.41 Å². The van der Waals surface area contributed by atoms with Gasteiger partial charge in [-0.3, -0.25) is 11.1 Å². The molecule has 7 heteroatoms. The van der Waals surface area contributed by atoms with Crippen LogP contribution >= 0.6 is 11.3 Å². The highest BCUT2D eigenvalue weighted by atomic mass is 32.1. The third kappa shape index (κ3) is 5.04. The molecule has 0 saturated carbocycles. The fraction of sp³-hybridized carbons (Fsp3) is 0.0238. The van der Waals surface area contributed by atoms with Crippen molar-refractivity contribution in [3.8, 4) is 28.3 Å². The van der Waals surface area contributed by atoms with Crippen LogP contribution in [0.5, 0.6) is 0 Å². The molecule has 1 atom stereocenters. The number of hydrogen-bond donors (Lipinski definition) is 2. The Kier molecular flexibility index (Phi) is 7.00. The lowest BCUT2D eigenvalue weighted by atomic mass is 10.1. The van der Waals surface area contributed by atoms with E-state index in [1.165, 1.54) is 15.5 Å². The minimum Gasteiger partial charge on any atom is -0.453 e. The maximum Gasteiger partial charge on any atom is 0.215 e. The third-order valence-electron chi connectivity index (χ3n) is 8.95. The molecule has 0 aliphatic carbocycles. The first kappa shape index (κ1) is 29.0. The summed E-state index contributed by atoms with van der Waals surface area (Å²) in [5, 5.41) is 13.5.